The van der Waals surface area contributed by atoms with Crippen LogP contribution in [0, 0.1) is 22.7 Å². The molecule has 0 heterocycles. The van der Waals surface area contributed by atoms with Crippen molar-refractivity contribution < 1.29 is 9.53 Å². The highest BCUT2D eigenvalue weighted by molar-refractivity contribution is 5.92. The first-order chi connectivity index (χ1) is 10.2. The summed E-state index contributed by atoms with van der Waals surface area (Å²) in [5.74, 6) is -0.181. The number of methoxy groups -OCH3 is 1. The number of carbonyl (C=O) groups is 1. The number of hydrogen-bond acceptors (Lipinski definition) is 5. The van der Waals surface area contributed by atoms with E-state index in [0.29, 0.717) is 37.4 Å². The fourth-order valence-corrected chi connectivity index (χ4v) is 1.77. The van der Waals surface area contributed by atoms with Crippen molar-refractivity contribution in [1.29, 1.82) is 10.5 Å². The molecule has 1 N–H and O–H groups in total. The number of nitrogens with one attached hydrogen (secondary N) is 1. The molecule has 0 saturated heterocycles. The molecule has 0 atom stereocenters. The van der Waals surface area contributed by atoms with Gasteiger partial charge in [0.05, 0.1) is 30.9 Å². The van der Waals surface area contributed by atoms with Crippen molar-refractivity contribution >= 4 is 11.6 Å². The van der Waals surface area contributed by atoms with Crippen LogP contribution in [0.2, 0.25) is 0 Å². The van der Waals surface area contributed by atoms with Crippen molar-refractivity contribution in [3.8, 4) is 12.1 Å². The Hall–Kier alpha value is -2.41. The van der Waals surface area contributed by atoms with Gasteiger partial charge in [0.2, 0.25) is 5.91 Å². The largest absolute Gasteiger partial charge is 0.383 e. The van der Waals surface area contributed by atoms with Gasteiger partial charge in [0.25, 0.3) is 0 Å². The molecule has 6 nitrogen and oxygen atoms in total. The van der Waals surface area contributed by atoms with Crippen LogP contribution in [-0.4, -0.2) is 44.2 Å². The van der Waals surface area contributed by atoms with E-state index in [4.69, 9.17) is 15.3 Å². The monoisotopic (exact) mass is 286 g/mol. The van der Waals surface area contributed by atoms with E-state index in [9.17, 15) is 4.79 Å². The number of nitriles is 2. The molecule has 0 fully saturated rings. The van der Waals surface area contributed by atoms with E-state index in [0.717, 1.165) is 0 Å². The van der Waals surface area contributed by atoms with Crippen LogP contribution in [0.25, 0.3) is 0 Å². The zero-order chi connectivity index (χ0) is 15.5. The zero-order valence-electron chi connectivity index (χ0n) is 12.0. The highest BCUT2D eigenvalue weighted by atomic mass is 16.5. The van der Waals surface area contributed by atoms with E-state index in [1.165, 1.54) is 0 Å². The third-order valence-electron chi connectivity index (χ3n) is 2.79. The zero-order valence-corrected chi connectivity index (χ0v) is 12.0. The maximum absolute atomic E-state index is 12.0. The Kier molecular flexibility index (Phi) is 7.52. The van der Waals surface area contributed by atoms with Gasteiger partial charge in [0, 0.05) is 32.3 Å². The fraction of sp³-hybridized carbons (Fsp3) is 0.400. The van der Waals surface area contributed by atoms with E-state index in [-0.39, 0.29) is 12.5 Å². The van der Waals surface area contributed by atoms with E-state index >= 15 is 0 Å². The Morgan fingerprint density at radius 3 is 2.86 bits per heavy atom. The van der Waals surface area contributed by atoms with E-state index in [1.807, 2.05) is 11.0 Å². The summed E-state index contributed by atoms with van der Waals surface area (Å²) in [4.78, 5) is 13.8. The van der Waals surface area contributed by atoms with Gasteiger partial charge in [-0.1, -0.05) is 6.07 Å². The summed E-state index contributed by atoms with van der Waals surface area (Å²) in [5, 5.41) is 20.2. The van der Waals surface area contributed by atoms with E-state index in [2.05, 4.69) is 11.4 Å². The number of anilines is 1. The van der Waals surface area contributed by atoms with Crippen LogP contribution in [0.4, 0.5) is 5.69 Å². The summed E-state index contributed by atoms with van der Waals surface area (Å²) in [5.41, 5.74) is 1.08. The Balaban J connectivity index is 2.56. The number of benzene rings is 1. The average molecular weight is 286 g/mol. The molecule has 0 aliphatic carbocycles. The summed E-state index contributed by atoms with van der Waals surface area (Å²) in [6, 6.07) is 10.8. The molecule has 0 aliphatic heterocycles. The topological polar surface area (TPSA) is 89.2 Å². The summed E-state index contributed by atoms with van der Waals surface area (Å²) < 4.78 is 4.99. The van der Waals surface area contributed by atoms with Gasteiger partial charge in [0.1, 0.15) is 0 Å². The van der Waals surface area contributed by atoms with Gasteiger partial charge in [-0.15, -0.1) is 0 Å². The normalized spacial score (nSPS) is 9.90. The lowest BCUT2D eigenvalue weighted by Gasteiger charge is -2.20. The molecule has 0 aliphatic rings. The van der Waals surface area contributed by atoms with Crippen LogP contribution in [-0.2, 0) is 9.53 Å². The predicted octanol–water partition coefficient (Wildman–Crippen LogP) is 1.36. The summed E-state index contributed by atoms with van der Waals surface area (Å²) >= 11 is 0. The number of ether oxygens (including phenoxy) is 1. The smallest absolute Gasteiger partial charge is 0.238 e. The van der Waals surface area contributed by atoms with Crippen molar-refractivity contribution in [3.05, 3.63) is 29.8 Å². The first-order valence-corrected chi connectivity index (χ1v) is 6.58. The fourth-order valence-electron chi connectivity index (χ4n) is 1.77. The van der Waals surface area contributed by atoms with Crippen LogP contribution < -0.4 is 5.32 Å². The summed E-state index contributed by atoms with van der Waals surface area (Å²) in [6.45, 7) is 1.79. The molecule has 1 aromatic rings. The minimum absolute atomic E-state index is 0.181. The van der Waals surface area contributed by atoms with Crippen LogP contribution in [0.1, 0.15) is 12.0 Å². The second-order valence-corrected chi connectivity index (χ2v) is 4.42. The Morgan fingerprint density at radius 1 is 1.38 bits per heavy atom. The number of nitrogens with zero attached hydrogens (tertiary/aromatic N) is 3. The Bertz CT molecular complexity index is 545. The minimum Gasteiger partial charge on any atom is -0.383 e. The lowest BCUT2D eigenvalue weighted by molar-refractivity contribution is -0.117. The van der Waals surface area contributed by atoms with Gasteiger partial charge in [-0.2, -0.15) is 10.5 Å². The molecular formula is C15H18N4O2. The SMILES string of the molecule is COCCN(CCC#N)CC(=O)Nc1cccc(C#N)c1. The molecule has 0 saturated carbocycles. The Morgan fingerprint density at radius 2 is 2.19 bits per heavy atom. The third-order valence-corrected chi connectivity index (χ3v) is 2.79. The van der Waals surface area contributed by atoms with Crippen molar-refractivity contribution in [2.75, 3.05) is 38.7 Å². The third kappa shape index (κ3) is 6.53. The quantitative estimate of drug-likeness (QED) is 0.779. The van der Waals surface area contributed by atoms with Crippen molar-refractivity contribution in [2.24, 2.45) is 0 Å². The van der Waals surface area contributed by atoms with Crippen molar-refractivity contribution in [3.63, 3.8) is 0 Å². The highest BCUT2D eigenvalue weighted by Crippen LogP contribution is 2.09. The first-order valence-electron chi connectivity index (χ1n) is 6.58. The van der Waals surface area contributed by atoms with Gasteiger partial charge in [-0.3, -0.25) is 9.69 Å². The molecule has 0 bridgehead atoms. The Labute approximate surface area is 124 Å². The summed E-state index contributed by atoms with van der Waals surface area (Å²) in [7, 11) is 1.59. The molecule has 0 radical (unpaired) electrons. The standard InChI is InChI=1S/C15H18N4O2/c1-21-9-8-19(7-3-6-16)12-15(20)18-14-5-2-4-13(10-14)11-17/h2,4-5,10H,3,7-9,12H2,1H3,(H,18,20). The maximum Gasteiger partial charge on any atom is 0.238 e. The first kappa shape index (κ1) is 16.6. The van der Waals surface area contributed by atoms with Crippen molar-refractivity contribution in [1.82, 2.24) is 4.90 Å². The van der Waals surface area contributed by atoms with Gasteiger partial charge in [0.15, 0.2) is 0 Å². The average Bonchev–Trinajstić information content (AvgIpc) is 2.50. The second kappa shape index (κ2) is 9.49. The van der Waals surface area contributed by atoms with Crippen LogP contribution >= 0.6 is 0 Å². The molecule has 110 valence electrons. The number of carbonyl (C=O) groups excluding carboxylic acids is 1. The van der Waals surface area contributed by atoms with Crippen LogP contribution in [0.3, 0.4) is 0 Å². The molecule has 0 unspecified atom stereocenters. The summed E-state index contributed by atoms with van der Waals surface area (Å²) in [6.07, 6.45) is 0.362. The van der Waals surface area contributed by atoms with Gasteiger partial charge in [-0.25, -0.2) is 0 Å². The van der Waals surface area contributed by atoms with Gasteiger partial charge < -0.3 is 10.1 Å². The van der Waals surface area contributed by atoms with E-state index in [1.54, 1.807) is 31.4 Å². The molecule has 0 aromatic heterocycles. The molecular weight excluding hydrogens is 268 g/mol. The second-order valence-electron chi connectivity index (χ2n) is 4.42. The number of rotatable bonds is 8. The van der Waals surface area contributed by atoms with Crippen molar-refractivity contribution in [2.45, 2.75) is 6.42 Å². The highest BCUT2D eigenvalue weighted by Gasteiger charge is 2.10. The molecule has 1 aromatic carbocycles. The predicted molar refractivity (Wildman–Crippen MR) is 78.3 cm³/mol. The molecule has 6 heteroatoms. The van der Waals surface area contributed by atoms with Gasteiger partial charge in [-0.05, 0) is 18.2 Å². The van der Waals surface area contributed by atoms with Crippen LogP contribution in [0.15, 0.2) is 24.3 Å². The lowest BCUT2D eigenvalue weighted by atomic mass is 10.2. The maximum atomic E-state index is 12.0. The molecule has 21 heavy (non-hydrogen) atoms. The van der Waals surface area contributed by atoms with Crippen LogP contribution in [0.5, 0.6) is 0 Å². The lowest BCUT2D eigenvalue weighted by Crippen LogP contribution is -2.36. The van der Waals surface area contributed by atoms with Gasteiger partial charge >= 0.3 is 0 Å². The minimum atomic E-state index is -0.181. The molecule has 1 rings (SSSR count). The molecule has 0 spiro atoms. The molecule has 1 amide bonds. The number of hydrogen-bond donors (Lipinski definition) is 1. The van der Waals surface area contributed by atoms with E-state index < -0.39 is 0 Å². The number of amides is 1.